The zero-order chi connectivity index (χ0) is 31.7. The summed E-state index contributed by atoms with van der Waals surface area (Å²) in [5, 5.41) is 16.4. The van der Waals surface area contributed by atoms with Crippen LogP contribution in [0.3, 0.4) is 0 Å². The van der Waals surface area contributed by atoms with Crippen molar-refractivity contribution in [2.75, 3.05) is 44.3 Å². The molecule has 7 rings (SSSR count). The molecule has 2 aromatic carbocycles. The summed E-state index contributed by atoms with van der Waals surface area (Å²) in [4.78, 5) is 23.2. The van der Waals surface area contributed by atoms with E-state index in [0.29, 0.717) is 23.3 Å². The number of amidine groups is 1. The van der Waals surface area contributed by atoms with Crippen LogP contribution >= 0.6 is 0 Å². The first kappa shape index (κ1) is 30.6. The smallest absolute Gasteiger partial charge is 0.300 e. The molecule has 2 aliphatic heterocycles. The van der Waals surface area contributed by atoms with Crippen molar-refractivity contribution in [2.24, 2.45) is 4.40 Å². The fourth-order valence-corrected chi connectivity index (χ4v) is 7.53. The van der Waals surface area contributed by atoms with Gasteiger partial charge < -0.3 is 21.1 Å². The number of sulfonamides is 1. The molecule has 1 saturated carbocycles. The van der Waals surface area contributed by atoms with Crippen LogP contribution in [0.25, 0.3) is 22.3 Å². The number of hydrogen-bond donors (Lipinski definition) is 3. The van der Waals surface area contributed by atoms with Crippen molar-refractivity contribution in [1.29, 1.82) is 0 Å². The molecule has 0 bridgehead atoms. The monoisotopic (exact) mass is 631 g/mol. The van der Waals surface area contributed by atoms with Gasteiger partial charge in [0.15, 0.2) is 11.5 Å². The second-order valence-electron chi connectivity index (χ2n) is 11.7. The van der Waals surface area contributed by atoms with E-state index in [4.69, 9.17) is 20.7 Å². The number of fused-ring (bicyclic) bond motifs is 2. The van der Waals surface area contributed by atoms with E-state index in [1.807, 2.05) is 24.3 Å². The van der Waals surface area contributed by atoms with E-state index in [1.54, 1.807) is 24.3 Å². The highest BCUT2D eigenvalue weighted by molar-refractivity contribution is 7.90. The predicted octanol–water partition coefficient (Wildman–Crippen LogP) is 3.46. The molecule has 14 heteroatoms. The highest BCUT2D eigenvalue weighted by Crippen LogP contribution is 2.37. The minimum absolute atomic E-state index is 0.212. The number of aliphatic carboxylic acids is 1. The number of likely N-dealkylation sites (N-methyl/N-ethyl adjacent to an activating group) is 1. The lowest BCUT2D eigenvalue weighted by molar-refractivity contribution is -0.134. The first-order valence-corrected chi connectivity index (χ1v) is 16.5. The maximum atomic E-state index is 12.4. The van der Waals surface area contributed by atoms with Crippen LogP contribution in [0, 0.1) is 0 Å². The zero-order valence-electron chi connectivity index (χ0n) is 25.3. The van der Waals surface area contributed by atoms with E-state index >= 15 is 0 Å². The van der Waals surface area contributed by atoms with Crippen molar-refractivity contribution < 1.29 is 18.3 Å². The summed E-state index contributed by atoms with van der Waals surface area (Å²) in [6.45, 7) is 5.64. The van der Waals surface area contributed by atoms with Crippen molar-refractivity contribution in [2.45, 2.75) is 49.6 Å². The quantitative estimate of drug-likeness (QED) is 0.301. The van der Waals surface area contributed by atoms with Gasteiger partial charge in [-0.25, -0.2) is 14.6 Å². The van der Waals surface area contributed by atoms with Crippen molar-refractivity contribution in [3.05, 3.63) is 60.4 Å². The summed E-state index contributed by atoms with van der Waals surface area (Å²) < 4.78 is 30.8. The second kappa shape index (κ2) is 12.5. The number of carbonyl (C=O) groups is 1. The summed E-state index contributed by atoms with van der Waals surface area (Å²) in [6, 6.07) is 15.4. The van der Waals surface area contributed by atoms with Crippen LogP contribution in [0.4, 0.5) is 11.5 Å². The highest BCUT2D eigenvalue weighted by atomic mass is 32.2. The van der Waals surface area contributed by atoms with E-state index in [1.165, 1.54) is 6.33 Å². The Morgan fingerprint density at radius 2 is 1.60 bits per heavy atom. The predicted molar refractivity (Wildman–Crippen MR) is 173 cm³/mol. The summed E-state index contributed by atoms with van der Waals surface area (Å²) in [5.74, 6) is -0.111. The number of nitrogens with one attached hydrogen (secondary N) is 1. The molecule has 4 N–H and O–H groups in total. The van der Waals surface area contributed by atoms with E-state index in [0.717, 1.165) is 86.8 Å². The number of nitrogens with two attached hydrogens (primary N) is 1. The third-order valence-corrected chi connectivity index (χ3v) is 9.97. The summed E-state index contributed by atoms with van der Waals surface area (Å²) >= 11 is 0. The van der Waals surface area contributed by atoms with E-state index in [9.17, 15) is 8.42 Å². The molecule has 0 spiro atoms. The number of carboxylic acid groups (broad SMARTS) is 1. The number of piperazine rings is 1. The number of benzene rings is 2. The molecule has 4 heterocycles. The molecule has 2 fully saturated rings. The van der Waals surface area contributed by atoms with Crippen LogP contribution in [0.15, 0.2) is 64.2 Å². The molecule has 0 atom stereocenters. The molecule has 0 radical (unpaired) electrons. The van der Waals surface area contributed by atoms with Crippen molar-refractivity contribution in [1.82, 2.24) is 29.5 Å². The van der Waals surface area contributed by atoms with Gasteiger partial charge >= 0.3 is 0 Å². The number of aromatic nitrogens is 4. The van der Waals surface area contributed by atoms with Crippen LogP contribution in [0.2, 0.25) is 0 Å². The highest BCUT2D eigenvalue weighted by Gasteiger charge is 2.31. The Morgan fingerprint density at radius 3 is 2.29 bits per heavy atom. The van der Waals surface area contributed by atoms with E-state index in [-0.39, 0.29) is 10.9 Å². The molecule has 2 aromatic heterocycles. The molecular weight excluding hydrogens is 594 g/mol. The fourth-order valence-electron chi connectivity index (χ4n) is 6.35. The Morgan fingerprint density at radius 1 is 0.956 bits per heavy atom. The number of rotatable bonds is 4. The van der Waals surface area contributed by atoms with Crippen LogP contribution < -0.4 is 11.1 Å². The van der Waals surface area contributed by atoms with Gasteiger partial charge in [0.25, 0.3) is 16.0 Å². The van der Waals surface area contributed by atoms with Crippen LogP contribution in [0.5, 0.6) is 0 Å². The molecule has 1 saturated heterocycles. The molecule has 236 valence electrons. The van der Waals surface area contributed by atoms with Crippen LogP contribution in [-0.4, -0.2) is 94.1 Å². The number of nitrogens with zero attached hydrogens (tertiary/aromatic N) is 7. The SMILES string of the molecule is CC(=O)O.CN1CCN([C@H]2CC[C@H](n3nc(-c4ccc(NC5=NS(=O)(=O)c6ccccc65)cc4)c4c(N)ncnc43)CC2)CC1. The standard InChI is InChI=1S/C29H33N9O2S.C2H4O2/c1-36-14-16-37(17-15-36)21-10-12-22(13-11-21)38-29-25(27(30)31-18-32-29)26(34-38)19-6-8-20(9-7-19)33-28-23-4-2-3-5-24(23)41(39,40)35-28;1-2(3)4/h2-9,18,21-22H,10-17H2,1H3,(H,33,35)(H2,30,31,32);1H3,(H,3,4)/t21-,22-;. The van der Waals surface area contributed by atoms with Crippen molar-refractivity contribution >= 4 is 44.4 Å². The first-order chi connectivity index (χ1) is 21.6. The number of carboxylic acids is 1. The lowest BCUT2D eigenvalue weighted by atomic mass is 9.90. The lowest BCUT2D eigenvalue weighted by Gasteiger charge is -2.41. The topological polar surface area (TPSA) is 172 Å². The van der Waals surface area contributed by atoms with Gasteiger partial charge in [-0.15, -0.1) is 4.40 Å². The first-order valence-electron chi connectivity index (χ1n) is 15.0. The van der Waals surface area contributed by atoms with Gasteiger partial charge in [-0.1, -0.05) is 24.3 Å². The molecule has 0 unspecified atom stereocenters. The normalized spacial score (nSPS) is 21.4. The third kappa shape index (κ3) is 6.39. The van der Waals surface area contributed by atoms with Gasteiger partial charge in [-0.05, 0) is 57.0 Å². The molecule has 45 heavy (non-hydrogen) atoms. The Hall–Kier alpha value is -4.40. The van der Waals surface area contributed by atoms with Crippen LogP contribution in [-0.2, 0) is 14.8 Å². The van der Waals surface area contributed by atoms with Gasteiger partial charge in [-0.2, -0.15) is 13.5 Å². The molecule has 1 aliphatic carbocycles. The summed E-state index contributed by atoms with van der Waals surface area (Å²) in [6.07, 6.45) is 5.90. The van der Waals surface area contributed by atoms with Crippen molar-refractivity contribution in [3.8, 4) is 11.3 Å². The largest absolute Gasteiger partial charge is 0.481 e. The fraction of sp³-hybridized carbons (Fsp3) is 0.387. The molecule has 3 aliphatic rings. The van der Waals surface area contributed by atoms with Gasteiger partial charge in [0.2, 0.25) is 0 Å². The minimum Gasteiger partial charge on any atom is -0.481 e. The number of hydrogen-bond acceptors (Lipinski definition) is 10. The Labute approximate surface area is 261 Å². The third-order valence-electron chi connectivity index (χ3n) is 8.64. The Kier molecular flexibility index (Phi) is 8.53. The van der Waals surface area contributed by atoms with E-state index in [2.05, 4.69) is 41.2 Å². The number of nitrogen functional groups attached to an aromatic ring is 1. The Bertz CT molecular complexity index is 1840. The second-order valence-corrected chi connectivity index (χ2v) is 13.3. The maximum absolute atomic E-state index is 12.4. The van der Waals surface area contributed by atoms with E-state index < -0.39 is 16.0 Å². The molecule has 4 aromatic rings. The lowest BCUT2D eigenvalue weighted by Crippen LogP contribution is -2.49. The Balaban J connectivity index is 0.000000845. The average molecular weight is 632 g/mol. The summed E-state index contributed by atoms with van der Waals surface area (Å²) in [5.41, 5.74) is 10.1. The van der Waals surface area contributed by atoms with Gasteiger partial charge in [-0.3, -0.25) is 9.69 Å². The summed E-state index contributed by atoms with van der Waals surface area (Å²) in [7, 11) is -1.50. The van der Waals surface area contributed by atoms with Crippen LogP contribution in [0.1, 0.15) is 44.2 Å². The molecule has 0 amide bonds. The van der Waals surface area contributed by atoms with Crippen molar-refractivity contribution in [3.63, 3.8) is 0 Å². The van der Waals surface area contributed by atoms with Gasteiger partial charge in [0.05, 0.1) is 11.4 Å². The minimum atomic E-state index is -3.70. The van der Waals surface area contributed by atoms with Gasteiger partial charge in [0.1, 0.15) is 22.7 Å². The molecular formula is C31H37N9O4S. The average Bonchev–Trinajstić information content (AvgIpc) is 3.54. The molecule has 13 nitrogen and oxygen atoms in total. The zero-order valence-corrected chi connectivity index (χ0v) is 26.1. The maximum Gasteiger partial charge on any atom is 0.300 e. The number of anilines is 2. The van der Waals surface area contributed by atoms with Gasteiger partial charge in [0, 0.05) is 56.0 Å².